The van der Waals surface area contributed by atoms with Crippen molar-refractivity contribution < 1.29 is 18.0 Å². The van der Waals surface area contributed by atoms with E-state index < -0.39 is 17.8 Å². The van der Waals surface area contributed by atoms with E-state index in [1.807, 2.05) is 6.92 Å². The number of carbonyl (C=O) groups is 1. The molecule has 0 saturated heterocycles. The van der Waals surface area contributed by atoms with Crippen LogP contribution in [0.1, 0.15) is 25.3 Å². The van der Waals surface area contributed by atoms with Crippen molar-refractivity contribution in [3.8, 4) is 0 Å². The predicted octanol–water partition coefficient (Wildman–Crippen LogP) is 2.95. The van der Waals surface area contributed by atoms with Crippen LogP contribution in [-0.4, -0.2) is 18.6 Å². The summed E-state index contributed by atoms with van der Waals surface area (Å²) in [6.07, 6.45) is -2.90. The Balaban J connectivity index is 2.63. The first kappa shape index (κ1) is 16.3. The Bertz CT molecular complexity index is 449. The third kappa shape index (κ3) is 5.08. The zero-order chi connectivity index (χ0) is 15.2. The summed E-state index contributed by atoms with van der Waals surface area (Å²) in [5.41, 5.74) is 4.54. The standard InChI is InChI=1S/C13H18F3N3O/c1-2-5-9(17)8-18-12(20)19-11-7-4-3-6-10(11)13(14,15)16/h3-4,6-7,9H,2,5,8,17H2,1H3,(H2,18,19,20). The van der Waals surface area contributed by atoms with Crippen LogP contribution in [0.3, 0.4) is 0 Å². The first-order valence-electron chi connectivity index (χ1n) is 6.31. The lowest BCUT2D eigenvalue weighted by atomic mass is 10.1. The van der Waals surface area contributed by atoms with Gasteiger partial charge in [-0.1, -0.05) is 25.5 Å². The molecule has 4 nitrogen and oxygen atoms in total. The molecule has 0 heterocycles. The monoisotopic (exact) mass is 289 g/mol. The lowest BCUT2D eigenvalue weighted by Crippen LogP contribution is -2.39. The fourth-order valence-electron chi connectivity index (χ4n) is 1.70. The summed E-state index contributed by atoms with van der Waals surface area (Å²) < 4.78 is 38.2. The van der Waals surface area contributed by atoms with Crippen LogP contribution in [0.15, 0.2) is 24.3 Å². The summed E-state index contributed by atoms with van der Waals surface area (Å²) in [4.78, 5) is 11.6. The fourth-order valence-corrected chi connectivity index (χ4v) is 1.70. The second kappa shape index (κ2) is 7.14. The number of hydrogen-bond acceptors (Lipinski definition) is 2. The lowest BCUT2D eigenvalue weighted by Gasteiger charge is -2.15. The van der Waals surface area contributed by atoms with Crippen molar-refractivity contribution in [2.75, 3.05) is 11.9 Å². The van der Waals surface area contributed by atoms with Crippen LogP contribution in [-0.2, 0) is 6.18 Å². The van der Waals surface area contributed by atoms with E-state index in [9.17, 15) is 18.0 Å². The molecule has 0 aliphatic carbocycles. The number of para-hydroxylation sites is 1. The molecule has 0 saturated carbocycles. The Kier molecular flexibility index (Phi) is 5.82. The van der Waals surface area contributed by atoms with Gasteiger partial charge in [-0.25, -0.2) is 4.79 Å². The molecule has 1 unspecified atom stereocenters. The number of alkyl halides is 3. The van der Waals surface area contributed by atoms with Crippen molar-refractivity contribution >= 4 is 11.7 Å². The van der Waals surface area contributed by atoms with E-state index in [0.717, 1.165) is 18.9 Å². The van der Waals surface area contributed by atoms with Gasteiger partial charge in [-0.05, 0) is 18.6 Å². The van der Waals surface area contributed by atoms with E-state index in [0.29, 0.717) is 0 Å². The normalized spacial score (nSPS) is 12.8. The number of carbonyl (C=O) groups excluding carboxylic acids is 1. The minimum atomic E-state index is -4.51. The van der Waals surface area contributed by atoms with Crippen LogP contribution in [0.4, 0.5) is 23.7 Å². The molecular formula is C13H18F3N3O. The van der Waals surface area contributed by atoms with E-state index in [1.165, 1.54) is 18.2 Å². The van der Waals surface area contributed by atoms with E-state index >= 15 is 0 Å². The molecule has 20 heavy (non-hydrogen) atoms. The van der Waals surface area contributed by atoms with Gasteiger partial charge >= 0.3 is 12.2 Å². The highest BCUT2D eigenvalue weighted by atomic mass is 19.4. The van der Waals surface area contributed by atoms with Crippen LogP contribution < -0.4 is 16.4 Å². The van der Waals surface area contributed by atoms with E-state index in [4.69, 9.17) is 5.73 Å². The van der Waals surface area contributed by atoms with Crippen LogP contribution in [0.5, 0.6) is 0 Å². The summed E-state index contributed by atoms with van der Waals surface area (Å²) in [5, 5.41) is 4.64. The Morgan fingerprint density at radius 1 is 1.35 bits per heavy atom. The maximum Gasteiger partial charge on any atom is 0.418 e. The molecule has 1 aromatic rings. The topological polar surface area (TPSA) is 67.1 Å². The minimum absolute atomic E-state index is 0.205. The third-order valence-corrected chi connectivity index (χ3v) is 2.66. The molecule has 0 aliphatic heterocycles. The van der Waals surface area contributed by atoms with Crippen LogP contribution in [0, 0.1) is 0 Å². The largest absolute Gasteiger partial charge is 0.418 e. The second-order valence-corrected chi connectivity index (χ2v) is 4.43. The van der Waals surface area contributed by atoms with Crippen LogP contribution >= 0.6 is 0 Å². The zero-order valence-corrected chi connectivity index (χ0v) is 11.1. The summed E-state index contributed by atoms with van der Waals surface area (Å²) in [7, 11) is 0. The van der Waals surface area contributed by atoms with Crippen molar-refractivity contribution in [1.29, 1.82) is 0 Å². The SMILES string of the molecule is CCCC(N)CNC(=O)Nc1ccccc1C(F)(F)F. The predicted molar refractivity (Wildman–Crippen MR) is 71.3 cm³/mol. The molecular weight excluding hydrogens is 271 g/mol. The number of nitrogens with one attached hydrogen (secondary N) is 2. The maximum atomic E-state index is 12.7. The van der Waals surface area contributed by atoms with Gasteiger partial charge in [0.2, 0.25) is 0 Å². The van der Waals surface area contributed by atoms with Gasteiger partial charge in [0.05, 0.1) is 11.3 Å². The number of benzene rings is 1. The molecule has 0 radical (unpaired) electrons. The molecule has 4 N–H and O–H groups in total. The zero-order valence-electron chi connectivity index (χ0n) is 11.1. The van der Waals surface area contributed by atoms with Gasteiger partial charge in [0, 0.05) is 12.6 Å². The number of anilines is 1. The summed E-state index contributed by atoms with van der Waals surface area (Å²) in [6, 6.07) is 3.90. The van der Waals surface area contributed by atoms with Gasteiger partial charge in [0.25, 0.3) is 0 Å². The van der Waals surface area contributed by atoms with Gasteiger partial charge in [-0.3, -0.25) is 0 Å². The number of nitrogens with two attached hydrogens (primary N) is 1. The Morgan fingerprint density at radius 3 is 2.60 bits per heavy atom. The van der Waals surface area contributed by atoms with Crippen molar-refractivity contribution in [1.82, 2.24) is 5.32 Å². The van der Waals surface area contributed by atoms with E-state index in [1.54, 1.807) is 0 Å². The molecule has 112 valence electrons. The maximum absolute atomic E-state index is 12.7. The number of urea groups is 1. The highest BCUT2D eigenvalue weighted by molar-refractivity contribution is 5.90. The van der Waals surface area contributed by atoms with E-state index in [2.05, 4.69) is 10.6 Å². The molecule has 0 bridgehead atoms. The molecule has 1 atom stereocenters. The highest BCUT2D eigenvalue weighted by Gasteiger charge is 2.33. The molecule has 0 aliphatic rings. The van der Waals surface area contributed by atoms with Gasteiger partial charge in [0.1, 0.15) is 0 Å². The molecule has 2 amide bonds. The van der Waals surface area contributed by atoms with Gasteiger partial charge in [-0.15, -0.1) is 0 Å². The first-order valence-corrected chi connectivity index (χ1v) is 6.31. The van der Waals surface area contributed by atoms with Gasteiger partial charge in [-0.2, -0.15) is 13.2 Å². The summed E-state index contributed by atoms with van der Waals surface area (Å²) in [6.45, 7) is 2.17. The van der Waals surface area contributed by atoms with Crippen molar-refractivity contribution in [3.63, 3.8) is 0 Å². The number of rotatable bonds is 5. The van der Waals surface area contributed by atoms with Crippen molar-refractivity contribution in [2.45, 2.75) is 32.0 Å². The average molecular weight is 289 g/mol. The second-order valence-electron chi connectivity index (χ2n) is 4.43. The lowest BCUT2D eigenvalue weighted by molar-refractivity contribution is -0.136. The van der Waals surface area contributed by atoms with Crippen molar-refractivity contribution in [2.24, 2.45) is 5.73 Å². The minimum Gasteiger partial charge on any atom is -0.336 e. The van der Waals surface area contributed by atoms with Gasteiger partial charge < -0.3 is 16.4 Å². The first-order chi connectivity index (χ1) is 9.34. The third-order valence-electron chi connectivity index (χ3n) is 2.66. The molecule has 0 aromatic heterocycles. The molecule has 7 heteroatoms. The van der Waals surface area contributed by atoms with Gasteiger partial charge in [0.15, 0.2) is 0 Å². The Labute approximate surface area is 115 Å². The van der Waals surface area contributed by atoms with Crippen molar-refractivity contribution in [3.05, 3.63) is 29.8 Å². The number of halogens is 3. The molecule has 1 aromatic carbocycles. The Hall–Kier alpha value is -1.76. The Morgan fingerprint density at radius 2 is 2.00 bits per heavy atom. The van der Waals surface area contributed by atoms with Crippen LogP contribution in [0.2, 0.25) is 0 Å². The highest BCUT2D eigenvalue weighted by Crippen LogP contribution is 2.34. The smallest absolute Gasteiger partial charge is 0.336 e. The van der Waals surface area contributed by atoms with E-state index in [-0.39, 0.29) is 18.3 Å². The molecule has 0 spiro atoms. The number of amides is 2. The fraction of sp³-hybridized carbons (Fsp3) is 0.462. The number of hydrogen-bond donors (Lipinski definition) is 3. The quantitative estimate of drug-likeness (QED) is 0.780. The molecule has 0 fully saturated rings. The molecule has 1 rings (SSSR count). The average Bonchev–Trinajstić information content (AvgIpc) is 2.36. The summed E-state index contributed by atoms with van der Waals surface area (Å²) >= 11 is 0. The summed E-state index contributed by atoms with van der Waals surface area (Å²) in [5.74, 6) is 0. The van der Waals surface area contributed by atoms with Crippen LogP contribution in [0.25, 0.3) is 0 Å².